The Labute approximate surface area is 184 Å². The number of nitrogens with zero attached hydrogens (tertiary/aromatic N) is 1. The maximum absolute atomic E-state index is 13.2. The fourth-order valence-electron chi connectivity index (χ4n) is 4.58. The average Bonchev–Trinajstić information content (AvgIpc) is 3.54. The second-order valence-corrected chi connectivity index (χ2v) is 8.32. The quantitative estimate of drug-likeness (QED) is 0.656. The van der Waals surface area contributed by atoms with E-state index in [4.69, 9.17) is 14.2 Å². The largest absolute Gasteiger partial charge is 0.497 e. The van der Waals surface area contributed by atoms with Gasteiger partial charge >= 0.3 is 0 Å². The molecule has 2 aromatic carbocycles. The lowest BCUT2D eigenvalue weighted by molar-refractivity contribution is -0.131. The number of likely N-dealkylation sites (tertiary alicyclic amines) is 1. The van der Waals surface area contributed by atoms with Crippen molar-refractivity contribution >= 4 is 5.91 Å². The van der Waals surface area contributed by atoms with Crippen LogP contribution in [0.5, 0.6) is 17.2 Å². The van der Waals surface area contributed by atoms with Crippen LogP contribution in [-0.2, 0) is 4.79 Å². The van der Waals surface area contributed by atoms with E-state index in [1.54, 1.807) is 21.3 Å². The number of benzene rings is 2. The lowest BCUT2D eigenvalue weighted by atomic mass is 10.0. The maximum Gasteiger partial charge on any atom is 0.237 e. The Morgan fingerprint density at radius 3 is 2.35 bits per heavy atom. The Balaban J connectivity index is 1.44. The summed E-state index contributed by atoms with van der Waals surface area (Å²) < 4.78 is 16.2. The van der Waals surface area contributed by atoms with Crippen LogP contribution >= 0.6 is 0 Å². The van der Waals surface area contributed by atoms with Crippen molar-refractivity contribution in [3.63, 3.8) is 0 Å². The first kappa shape index (κ1) is 21.5. The van der Waals surface area contributed by atoms with Crippen LogP contribution in [0.15, 0.2) is 42.5 Å². The van der Waals surface area contributed by atoms with Crippen molar-refractivity contribution < 1.29 is 19.0 Å². The molecule has 0 bridgehead atoms. The van der Waals surface area contributed by atoms with Gasteiger partial charge in [0.15, 0.2) is 0 Å². The molecule has 1 aliphatic heterocycles. The highest BCUT2D eigenvalue weighted by Crippen LogP contribution is 2.42. The zero-order valence-electron chi connectivity index (χ0n) is 18.6. The number of hydrogen-bond donors (Lipinski definition) is 1. The minimum Gasteiger partial charge on any atom is -0.497 e. The predicted molar refractivity (Wildman–Crippen MR) is 120 cm³/mol. The normalized spacial score (nSPS) is 19.2. The molecule has 1 saturated carbocycles. The monoisotopic (exact) mass is 424 g/mol. The third-order valence-electron chi connectivity index (χ3n) is 6.41. The van der Waals surface area contributed by atoms with E-state index < -0.39 is 0 Å². The molecule has 1 N–H and O–H groups in total. The van der Waals surface area contributed by atoms with Gasteiger partial charge in [0, 0.05) is 24.2 Å². The predicted octanol–water partition coefficient (Wildman–Crippen LogP) is 4.12. The topological polar surface area (TPSA) is 60.0 Å². The van der Waals surface area contributed by atoms with E-state index in [1.165, 1.54) is 18.4 Å². The van der Waals surface area contributed by atoms with Crippen LogP contribution in [0.1, 0.15) is 48.9 Å². The van der Waals surface area contributed by atoms with Crippen LogP contribution in [0.3, 0.4) is 0 Å². The van der Waals surface area contributed by atoms with Gasteiger partial charge in [-0.25, -0.2) is 0 Å². The van der Waals surface area contributed by atoms with E-state index in [9.17, 15) is 4.79 Å². The van der Waals surface area contributed by atoms with Crippen LogP contribution in [0.25, 0.3) is 0 Å². The summed E-state index contributed by atoms with van der Waals surface area (Å²) in [5.41, 5.74) is 2.26. The smallest absolute Gasteiger partial charge is 0.237 e. The molecule has 4 rings (SSSR count). The van der Waals surface area contributed by atoms with Gasteiger partial charge in [-0.3, -0.25) is 4.79 Å². The standard InChI is InChI=1S/C25H32N2O4/c1-29-19-10-8-18(9-11-19)25(17-6-7-17)26-16-24(28)27-14-4-5-22(27)21-13-12-20(30-2)15-23(21)31-3/h8-13,15,17,22,25-26H,4-7,14,16H2,1-3H3. The molecule has 2 atom stereocenters. The lowest BCUT2D eigenvalue weighted by Gasteiger charge is -2.28. The van der Waals surface area contributed by atoms with Crippen molar-refractivity contribution in [3.8, 4) is 17.2 Å². The molecular weight excluding hydrogens is 392 g/mol. The van der Waals surface area contributed by atoms with Crippen LogP contribution < -0.4 is 19.5 Å². The molecular formula is C25H32N2O4. The zero-order valence-corrected chi connectivity index (χ0v) is 18.6. The van der Waals surface area contributed by atoms with Gasteiger partial charge in [-0.05, 0) is 61.4 Å². The molecule has 2 fully saturated rings. The summed E-state index contributed by atoms with van der Waals surface area (Å²) in [5, 5.41) is 3.55. The molecule has 1 heterocycles. The molecule has 6 heteroatoms. The molecule has 166 valence electrons. The molecule has 1 amide bonds. The van der Waals surface area contributed by atoms with Crippen molar-refractivity contribution in [2.45, 2.75) is 37.8 Å². The summed E-state index contributed by atoms with van der Waals surface area (Å²) in [6.45, 7) is 1.11. The molecule has 0 radical (unpaired) electrons. The number of nitrogens with one attached hydrogen (secondary N) is 1. The van der Waals surface area contributed by atoms with Gasteiger partial charge in [0.05, 0.1) is 33.9 Å². The minimum absolute atomic E-state index is 0.0375. The number of carbonyl (C=O) groups is 1. The fourth-order valence-corrected chi connectivity index (χ4v) is 4.58. The number of amides is 1. The second kappa shape index (κ2) is 9.60. The van der Waals surface area contributed by atoms with Gasteiger partial charge in [-0.1, -0.05) is 12.1 Å². The lowest BCUT2D eigenvalue weighted by Crippen LogP contribution is -2.39. The van der Waals surface area contributed by atoms with E-state index in [1.807, 2.05) is 35.2 Å². The van der Waals surface area contributed by atoms with Gasteiger partial charge in [0.1, 0.15) is 17.2 Å². The highest BCUT2D eigenvalue weighted by atomic mass is 16.5. The minimum atomic E-state index is 0.0375. The highest BCUT2D eigenvalue weighted by molar-refractivity contribution is 5.79. The van der Waals surface area contributed by atoms with Gasteiger partial charge in [-0.2, -0.15) is 0 Å². The van der Waals surface area contributed by atoms with E-state index in [0.717, 1.165) is 42.2 Å². The number of rotatable bonds is 9. The first-order chi connectivity index (χ1) is 15.1. The van der Waals surface area contributed by atoms with E-state index in [0.29, 0.717) is 12.5 Å². The van der Waals surface area contributed by atoms with Crippen molar-refractivity contribution in [3.05, 3.63) is 53.6 Å². The first-order valence-corrected chi connectivity index (χ1v) is 11.0. The molecule has 2 unspecified atom stereocenters. The number of carbonyl (C=O) groups excluding carboxylic acids is 1. The fraction of sp³-hybridized carbons (Fsp3) is 0.480. The van der Waals surface area contributed by atoms with E-state index in [-0.39, 0.29) is 18.0 Å². The summed E-state index contributed by atoms with van der Waals surface area (Å²) in [6, 6.07) is 14.3. The van der Waals surface area contributed by atoms with Crippen LogP contribution in [-0.4, -0.2) is 45.2 Å². The van der Waals surface area contributed by atoms with Crippen molar-refractivity contribution in [1.82, 2.24) is 10.2 Å². The third-order valence-corrected chi connectivity index (χ3v) is 6.41. The van der Waals surface area contributed by atoms with Crippen LogP contribution in [0.2, 0.25) is 0 Å². The average molecular weight is 425 g/mol. The molecule has 1 aliphatic carbocycles. The third kappa shape index (κ3) is 4.79. The second-order valence-electron chi connectivity index (χ2n) is 8.32. The molecule has 1 saturated heterocycles. The Hall–Kier alpha value is -2.73. The zero-order chi connectivity index (χ0) is 21.8. The van der Waals surface area contributed by atoms with Gasteiger partial charge in [0.2, 0.25) is 5.91 Å². The van der Waals surface area contributed by atoms with Crippen LogP contribution in [0.4, 0.5) is 0 Å². The summed E-state index contributed by atoms with van der Waals surface area (Å²) in [7, 11) is 4.98. The van der Waals surface area contributed by atoms with Crippen molar-refractivity contribution in [2.75, 3.05) is 34.4 Å². The SMILES string of the molecule is COc1ccc(C(NCC(=O)N2CCCC2c2ccc(OC)cc2OC)C2CC2)cc1. The van der Waals surface area contributed by atoms with E-state index >= 15 is 0 Å². The summed E-state index contributed by atoms with van der Waals surface area (Å²) >= 11 is 0. The molecule has 0 aromatic heterocycles. The molecule has 2 aliphatic rings. The van der Waals surface area contributed by atoms with Gasteiger partial charge in [0.25, 0.3) is 0 Å². The Bertz CT molecular complexity index is 895. The maximum atomic E-state index is 13.2. The number of methoxy groups -OCH3 is 3. The molecule has 6 nitrogen and oxygen atoms in total. The number of ether oxygens (including phenoxy) is 3. The highest BCUT2D eigenvalue weighted by Gasteiger charge is 2.35. The number of hydrogen-bond acceptors (Lipinski definition) is 5. The van der Waals surface area contributed by atoms with Gasteiger partial charge in [-0.15, -0.1) is 0 Å². The summed E-state index contributed by atoms with van der Waals surface area (Å²) in [6.07, 6.45) is 4.34. The molecule has 31 heavy (non-hydrogen) atoms. The van der Waals surface area contributed by atoms with Crippen LogP contribution in [0, 0.1) is 5.92 Å². The van der Waals surface area contributed by atoms with Gasteiger partial charge < -0.3 is 24.4 Å². The summed E-state index contributed by atoms with van der Waals surface area (Å²) in [4.78, 5) is 15.2. The van der Waals surface area contributed by atoms with Crippen molar-refractivity contribution in [1.29, 1.82) is 0 Å². The van der Waals surface area contributed by atoms with Crippen molar-refractivity contribution in [2.24, 2.45) is 5.92 Å². The first-order valence-electron chi connectivity index (χ1n) is 11.0. The Morgan fingerprint density at radius 1 is 1.00 bits per heavy atom. The summed E-state index contributed by atoms with van der Waals surface area (Å²) in [5.74, 6) is 3.11. The molecule has 2 aromatic rings. The Kier molecular flexibility index (Phi) is 6.66. The van der Waals surface area contributed by atoms with E-state index in [2.05, 4.69) is 17.4 Å². The molecule has 0 spiro atoms. The Morgan fingerprint density at radius 2 is 1.71 bits per heavy atom.